The van der Waals surface area contributed by atoms with Crippen molar-refractivity contribution in [2.45, 2.75) is 25.7 Å². The summed E-state index contributed by atoms with van der Waals surface area (Å²) in [7, 11) is 3.01. The van der Waals surface area contributed by atoms with Gasteiger partial charge in [-0.25, -0.2) is 4.98 Å². The number of aromatic nitrogens is 2. The molecule has 5 nitrogen and oxygen atoms in total. The van der Waals surface area contributed by atoms with Crippen molar-refractivity contribution in [3.05, 3.63) is 39.3 Å². The van der Waals surface area contributed by atoms with Gasteiger partial charge in [-0.15, -0.1) is 0 Å². The number of alkyl halides is 6. The second-order valence-corrected chi connectivity index (χ2v) is 8.88. The van der Waals surface area contributed by atoms with E-state index in [0.717, 1.165) is 5.56 Å². The molecule has 0 radical (unpaired) electrons. The van der Waals surface area contributed by atoms with Crippen molar-refractivity contribution < 1.29 is 31.1 Å². The molecular weight excluding hydrogens is 554 g/mol. The molecule has 0 fully saturated rings. The molecule has 0 amide bonds. The van der Waals surface area contributed by atoms with Crippen molar-refractivity contribution in [2.24, 2.45) is 7.05 Å². The molecule has 0 aliphatic heterocycles. The Morgan fingerprint density at radius 3 is 2.41 bits per heavy atom. The molecule has 3 aromatic rings. The normalized spacial score (nSPS) is 12.3. The van der Waals surface area contributed by atoms with Gasteiger partial charge in [-0.1, -0.05) is 11.6 Å². The van der Waals surface area contributed by atoms with Crippen LogP contribution in [0.15, 0.2) is 28.7 Å². The highest BCUT2D eigenvalue weighted by Gasteiger charge is 2.35. The van der Waals surface area contributed by atoms with Crippen molar-refractivity contribution in [3.8, 4) is 5.75 Å². The maximum atomic E-state index is 13.3. The van der Waals surface area contributed by atoms with E-state index in [-0.39, 0.29) is 22.7 Å². The second kappa shape index (κ2) is 9.73. The van der Waals surface area contributed by atoms with Gasteiger partial charge >= 0.3 is 12.4 Å². The van der Waals surface area contributed by atoms with Gasteiger partial charge in [-0.2, -0.15) is 26.3 Å². The van der Waals surface area contributed by atoms with E-state index in [0.29, 0.717) is 25.8 Å². The van der Waals surface area contributed by atoms with Gasteiger partial charge < -0.3 is 19.5 Å². The number of halogens is 8. The van der Waals surface area contributed by atoms with Crippen LogP contribution in [0.25, 0.3) is 11.0 Å². The summed E-state index contributed by atoms with van der Waals surface area (Å²) in [6, 6.07) is 6.08. The van der Waals surface area contributed by atoms with Gasteiger partial charge in [0.2, 0.25) is 5.95 Å². The van der Waals surface area contributed by atoms with Gasteiger partial charge in [0, 0.05) is 29.2 Å². The number of rotatable bonds is 7. The number of imidazole rings is 1. The lowest BCUT2D eigenvalue weighted by atomic mass is 10.2. The maximum Gasteiger partial charge on any atom is 0.405 e. The van der Waals surface area contributed by atoms with E-state index in [2.05, 4.69) is 26.2 Å². The van der Waals surface area contributed by atoms with E-state index >= 15 is 0 Å². The van der Waals surface area contributed by atoms with Gasteiger partial charge in [0.1, 0.15) is 17.8 Å². The number of anilines is 3. The first-order chi connectivity index (χ1) is 15.7. The number of nitrogens with one attached hydrogen (secondary N) is 1. The molecule has 0 aliphatic carbocycles. The highest BCUT2D eigenvalue weighted by Crippen LogP contribution is 2.39. The molecule has 186 valence electrons. The molecule has 0 bridgehead atoms. The van der Waals surface area contributed by atoms with E-state index in [1.165, 1.54) is 23.8 Å². The Labute approximate surface area is 204 Å². The zero-order valence-electron chi connectivity index (χ0n) is 18.2. The summed E-state index contributed by atoms with van der Waals surface area (Å²) in [5.41, 5.74) is 1.75. The molecule has 1 heterocycles. The molecule has 0 spiro atoms. The van der Waals surface area contributed by atoms with Crippen molar-refractivity contribution in [1.29, 1.82) is 0 Å². The number of fused-ring (bicyclic) bond motifs is 1. The third kappa shape index (κ3) is 6.01. The van der Waals surface area contributed by atoms with Crippen LogP contribution in [0.5, 0.6) is 5.75 Å². The summed E-state index contributed by atoms with van der Waals surface area (Å²) in [4.78, 5) is 5.15. The van der Waals surface area contributed by atoms with Crippen molar-refractivity contribution in [2.75, 3.05) is 30.4 Å². The minimum Gasteiger partial charge on any atom is -0.495 e. The van der Waals surface area contributed by atoms with Crippen molar-refractivity contribution in [1.82, 2.24) is 9.55 Å². The Morgan fingerprint density at radius 1 is 1.15 bits per heavy atom. The van der Waals surface area contributed by atoms with Crippen LogP contribution in [-0.2, 0) is 7.05 Å². The topological polar surface area (TPSA) is 42.3 Å². The molecule has 0 atom stereocenters. The fraction of sp³-hybridized carbons (Fsp3) is 0.381. The highest BCUT2D eigenvalue weighted by molar-refractivity contribution is 9.10. The van der Waals surface area contributed by atoms with Gasteiger partial charge in [-0.3, -0.25) is 0 Å². The summed E-state index contributed by atoms with van der Waals surface area (Å²) >= 11 is 9.41. The zero-order chi connectivity index (χ0) is 25.4. The predicted octanol–water partition coefficient (Wildman–Crippen LogP) is 7.37. The minimum absolute atomic E-state index is 0.0254. The van der Waals surface area contributed by atoms with Gasteiger partial charge in [0.25, 0.3) is 0 Å². The third-order valence-corrected chi connectivity index (χ3v) is 5.91. The first kappa shape index (κ1) is 26.3. The quantitative estimate of drug-likeness (QED) is 0.300. The number of methoxy groups -OCH3 is 1. The SMILES string of the molecule is COc1cc(Cl)cc(C)c1Nc1nc2c(Br)ccc(N(CCC(F)(F)F)CC(F)(F)F)c2n1C. The van der Waals surface area contributed by atoms with Crippen LogP contribution in [0.2, 0.25) is 5.02 Å². The summed E-state index contributed by atoms with van der Waals surface area (Å²) in [6.07, 6.45) is -10.7. The van der Waals surface area contributed by atoms with E-state index in [1.807, 2.05) is 0 Å². The van der Waals surface area contributed by atoms with Crippen LogP contribution in [-0.4, -0.2) is 42.1 Å². The maximum absolute atomic E-state index is 13.3. The summed E-state index contributed by atoms with van der Waals surface area (Å²) in [5, 5.41) is 3.55. The van der Waals surface area contributed by atoms with Crippen molar-refractivity contribution >= 4 is 55.9 Å². The summed E-state index contributed by atoms with van der Waals surface area (Å²) in [6.45, 7) is -0.626. The lowest BCUT2D eigenvalue weighted by Crippen LogP contribution is -2.37. The Hall–Kier alpha value is -2.34. The van der Waals surface area contributed by atoms with Crippen LogP contribution in [0.3, 0.4) is 0 Å². The smallest absolute Gasteiger partial charge is 0.405 e. The molecule has 0 aliphatic rings. The number of benzene rings is 2. The van der Waals surface area contributed by atoms with Gasteiger partial charge in [0.05, 0.1) is 30.4 Å². The van der Waals surface area contributed by atoms with E-state index in [4.69, 9.17) is 16.3 Å². The molecule has 0 saturated carbocycles. The molecule has 0 saturated heterocycles. The molecule has 13 heteroatoms. The van der Waals surface area contributed by atoms with Gasteiger partial charge in [-0.05, 0) is 46.6 Å². The van der Waals surface area contributed by atoms with Crippen LogP contribution in [0, 0.1) is 6.92 Å². The Kier molecular flexibility index (Phi) is 7.51. The van der Waals surface area contributed by atoms with E-state index in [1.54, 1.807) is 26.1 Å². The Bertz CT molecular complexity index is 1190. The monoisotopic (exact) mass is 572 g/mol. The standard InChI is InChI=1S/C21H20BrClF6N4O/c1-11-8-12(23)9-15(34-3)16(11)30-19-31-17-13(22)4-5-14(18(17)32(19)2)33(10-21(27,28)29)7-6-20(24,25)26/h4-5,8-9H,6-7,10H2,1-3H3,(H,30,31). The number of hydrogen-bond donors (Lipinski definition) is 1. The largest absolute Gasteiger partial charge is 0.495 e. The lowest BCUT2D eigenvalue weighted by molar-refractivity contribution is -0.137. The molecule has 2 aromatic carbocycles. The number of nitrogens with zero attached hydrogens (tertiary/aromatic N) is 3. The second-order valence-electron chi connectivity index (χ2n) is 7.59. The van der Waals surface area contributed by atoms with Crippen LogP contribution in [0.4, 0.5) is 43.7 Å². The zero-order valence-corrected chi connectivity index (χ0v) is 20.5. The minimum atomic E-state index is -4.71. The fourth-order valence-electron chi connectivity index (χ4n) is 3.54. The third-order valence-electron chi connectivity index (χ3n) is 5.05. The number of ether oxygens (including phenoxy) is 1. The Balaban J connectivity index is 2.13. The van der Waals surface area contributed by atoms with Crippen LogP contribution >= 0.6 is 27.5 Å². The number of hydrogen-bond acceptors (Lipinski definition) is 4. The lowest BCUT2D eigenvalue weighted by Gasteiger charge is -2.27. The summed E-state index contributed by atoms with van der Waals surface area (Å²) in [5.74, 6) is 0.662. The van der Waals surface area contributed by atoms with Crippen LogP contribution < -0.4 is 15.0 Å². The molecule has 1 N–H and O–H groups in total. The first-order valence-corrected chi connectivity index (χ1v) is 11.0. The molecule has 1 aromatic heterocycles. The number of aryl methyl sites for hydroxylation is 2. The summed E-state index contributed by atoms with van der Waals surface area (Å²) < 4.78 is 85.6. The first-order valence-electron chi connectivity index (χ1n) is 9.84. The van der Waals surface area contributed by atoms with Crippen LogP contribution in [0.1, 0.15) is 12.0 Å². The molecule has 34 heavy (non-hydrogen) atoms. The van der Waals surface area contributed by atoms with E-state index < -0.39 is 31.9 Å². The molecule has 3 rings (SSSR count). The Morgan fingerprint density at radius 2 is 1.82 bits per heavy atom. The van der Waals surface area contributed by atoms with Crippen molar-refractivity contribution in [3.63, 3.8) is 0 Å². The highest BCUT2D eigenvalue weighted by atomic mass is 79.9. The van der Waals surface area contributed by atoms with Gasteiger partial charge in [0.15, 0.2) is 0 Å². The molecular formula is C21H20BrClF6N4O. The molecule has 0 unspecified atom stereocenters. The average Bonchev–Trinajstić information content (AvgIpc) is 3.03. The fourth-order valence-corrected chi connectivity index (χ4v) is 4.21. The predicted molar refractivity (Wildman–Crippen MR) is 123 cm³/mol. The van der Waals surface area contributed by atoms with E-state index in [9.17, 15) is 26.3 Å². The average molecular weight is 574 g/mol.